The molecule has 0 spiro atoms. The lowest BCUT2D eigenvalue weighted by atomic mass is 10.1. The summed E-state index contributed by atoms with van der Waals surface area (Å²) in [6, 6.07) is 13.3. The minimum atomic E-state index is -0.00234. The van der Waals surface area contributed by atoms with Crippen LogP contribution in [0.25, 0.3) is 22.6 Å². The van der Waals surface area contributed by atoms with Gasteiger partial charge in [-0.05, 0) is 36.8 Å². The molecule has 5 nitrogen and oxygen atoms in total. The average molecular weight is 297 g/mol. The molecule has 0 radical (unpaired) electrons. The van der Waals surface area contributed by atoms with Gasteiger partial charge in [0.1, 0.15) is 5.52 Å². The Morgan fingerprint density at radius 1 is 1.27 bits per heavy atom. The third-order valence-electron chi connectivity index (χ3n) is 3.67. The van der Waals surface area contributed by atoms with Crippen molar-refractivity contribution < 1.29 is 9.52 Å². The molecule has 1 unspecified atom stereocenters. The summed E-state index contributed by atoms with van der Waals surface area (Å²) in [6.45, 7) is 2.08. The number of nitrogens with two attached hydrogens (primary N) is 1. The van der Waals surface area contributed by atoms with Gasteiger partial charge in [0, 0.05) is 11.6 Å². The number of fused-ring (bicyclic) bond motifs is 1. The molecule has 3 aromatic rings. The van der Waals surface area contributed by atoms with E-state index in [9.17, 15) is 5.11 Å². The first-order valence-electron chi connectivity index (χ1n) is 7.34. The highest BCUT2D eigenvalue weighted by Gasteiger charge is 2.11. The first-order valence-corrected chi connectivity index (χ1v) is 7.34. The highest BCUT2D eigenvalue weighted by Crippen LogP contribution is 2.29. The number of para-hydroxylation sites is 2. The molecule has 0 aliphatic rings. The van der Waals surface area contributed by atoms with Gasteiger partial charge in [-0.25, -0.2) is 4.98 Å². The van der Waals surface area contributed by atoms with Gasteiger partial charge in [-0.1, -0.05) is 19.1 Å². The summed E-state index contributed by atoms with van der Waals surface area (Å²) < 4.78 is 5.75. The zero-order chi connectivity index (χ0) is 15.5. The summed E-state index contributed by atoms with van der Waals surface area (Å²) in [5.74, 6) is 0.550. The van der Waals surface area contributed by atoms with Crippen molar-refractivity contribution in [3.8, 4) is 11.5 Å². The number of nitrogens with zero attached hydrogens (tertiary/aromatic N) is 1. The molecule has 0 aliphatic carbocycles. The Kier molecular flexibility index (Phi) is 3.98. The van der Waals surface area contributed by atoms with Crippen molar-refractivity contribution in [3.05, 3.63) is 42.5 Å². The fraction of sp³-hybridized carbons (Fsp3) is 0.235. The Bertz CT molecular complexity index is 745. The van der Waals surface area contributed by atoms with Crippen LogP contribution in [-0.4, -0.2) is 22.7 Å². The quantitative estimate of drug-likeness (QED) is 0.629. The number of anilines is 2. The molecule has 0 aliphatic heterocycles. The minimum Gasteiger partial charge on any atom is -0.436 e. The fourth-order valence-electron chi connectivity index (χ4n) is 2.32. The summed E-state index contributed by atoms with van der Waals surface area (Å²) in [5.41, 5.74) is 9.91. The lowest BCUT2D eigenvalue weighted by Crippen LogP contribution is -2.23. The number of nitrogen functional groups attached to an aromatic ring is 1. The maximum atomic E-state index is 9.26. The van der Waals surface area contributed by atoms with Crippen LogP contribution in [0, 0.1) is 0 Å². The Labute approximate surface area is 128 Å². The van der Waals surface area contributed by atoms with Crippen LogP contribution in [0.15, 0.2) is 46.9 Å². The first-order chi connectivity index (χ1) is 10.7. The molecule has 1 atom stereocenters. The highest BCUT2D eigenvalue weighted by molar-refractivity contribution is 5.78. The Morgan fingerprint density at radius 2 is 2.09 bits per heavy atom. The highest BCUT2D eigenvalue weighted by atomic mass is 16.3. The third kappa shape index (κ3) is 2.76. The summed E-state index contributed by atoms with van der Waals surface area (Å²) in [4.78, 5) is 4.46. The minimum absolute atomic E-state index is 0.00234. The molecule has 0 fully saturated rings. The van der Waals surface area contributed by atoms with Crippen molar-refractivity contribution in [2.45, 2.75) is 19.4 Å². The zero-order valence-corrected chi connectivity index (χ0v) is 12.4. The summed E-state index contributed by atoms with van der Waals surface area (Å²) in [7, 11) is 0. The molecule has 4 N–H and O–H groups in total. The Hall–Kier alpha value is -2.53. The van der Waals surface area contributed by atoms with Gasteiger partial charge in [0.15, 0.2) is 5.58 Å². The molecule has 0 saturated carbocycles. The first kappa shape index (κ1) is 14.4. The number of oxazole rings is 1. The van der Waals surface area contributed by atoms with Crippen LogP contribution in [0.4, 0.5) is 11.4 Å². The Balaban J connectivity index is 1.90. The normalized spacial score (nSPS) is 12.5. The van der Waals surface area contributed by atoms with Gasteiger partial charge in [0.2, 0.25) is 5.89 Å². The fourth-order valence-corrected chi connectivity index (χ4v) is 2.32. The monoisotopic (exact) mass is 297 g/mol. The number of aliphatic hydroxyl groups excluding tert-OH is 1. The number of aliphatic hydroxyl groups is 1. The van der Waals surface area contributed by atoms with Crippen LogP contribution in [0.3, 0.4) is 0 Å². The molecule has 5 heteroatoms. The molecular weight excluding hydrogens is 278 g/mol. The van der Waals surface area contributed by atoms with Crippen molar-refractivity contribution >= 4 is 22.5 Å². The smallest absolute Gasteiger partial charge is 0.227 e. The molecule has 0 amide bonds. The third-order valence-corrected chi connectivity index (χ3v) is 3.67. The average Bonchev–Trinajstić information content (AvgIpc) is 2.97. The lowest BCUT2D eigenvalue weighted by Gasteiger charge is -2.17. The number of hydrogen-bond donors (Lipinski definition) is 3. The molecule has 2 aromatic carbocycles. The molecule has 0 saturated heterocycles. The van der Waals surface area contributed by atoms with Crippen molar-refractivity contribution in [2.75, 3.05) is 17.7 Å². The summed E-state index contributed by atoms with van der Waals surface area (Å²) >= 11 is 0. The van der Waals surface area contributed by atoms with Gasteiger partial charge >= 0.3 is 0 Å². The van der Waals surface area contributed by atoms with Gasteiger partial charge in [0.05, 0.1) is 18.0 Å². The van der Waals surface area contributed by atoms with E-state index in [1.165, 1.54) is 0 Å². The number of aromatic nitrogens is 1. The molecule has 1 heterocycles. The topological polar surface area (TPSA) is 84.3 Å². The molecule has 22 heavy (non-hydrogen) atoms. The van der Waals surface area contributed by atoms with E-state index in [0.717, 1.165) is 28.8 Å². The van der Waals surface area contributed by atoms with Crippen LogP contribution < -0.4 is 11.1 Å². The van der Waals surface area contributed by atoms with E-state index >= 15 is 0 Å². The van der Waals surface area contributed by atoms with Crippen molar-refractivity contribution in [2.24, 2.45) is 0 Å². The lowest BCUT2D eigenvalue weighted by molar-refractivity contribution is 0.272. The second kappa shape index (κ2) is 6.07. The second-order valence-electron chi connectivity index (χ2n) is 5.22. The SMILES string of the molecule is CCC(CO)Nc1ccc(-c2nc3ccccc3o2)cc1N. The largest absolute Gasteiger partial charge is 0.436 e. The maximum Gasteiger partial charge on any atom is 0.227 e. The predicted molar refractivity (Wildman–Crippen MR) is 88.6 cm³/mol. The predicted octanol–water partition coefficient (Wildman–Crippen LogP) is 3.26. The van der Waals surface area contributed by atoms with Gasteiger partial charge in [-0.15, -0.1) is 0 Å². The van der Waals surface area contributed by atoms with Gasteiger partial charge in [0.25, 0.3) is 0 Å². The van der Waals surface area contributed by atoms with Crippen LogP contribution in [0.2, 0.25) is 0 Å². The van der Waals surface area contributed by atoms with Crippen molar-refractivity contribution in [1.82, 2.24) is 4.98 Å². The molecule has 114 valence electrons. The van der Waals surface area contributed by atoms with Gasteiger partial charge in [-0.2, -0.15) is 0 Å². The zero-order valence-electron chi connectivity index (χ0n) is 12.4. The molecule has 3 rings (SSSR count). The molecule has 1 aromatic heterocycles. The van der Waals surface area contributed by atoms with E-state index in [1.807, 2.05) is 49.4 Å². The van der Waals surface area contributed by atoms with Gasteiger partial charge < -0.3 is 20.6 Å². The Morgan fingerprint density at radius 3 is 2.77 bits per heavy atom. The van der Waals surface area contributed by atoms with E-state index < -0.39 is 0 Å². The molecular formula is C17H19N3O2. The summed E-state index contributed by atoms with van der Waals surface area (Å²) in [6.07, 6.45) is 0.822. The van der Waals surface area contributed by atoms with E-state index in [0.29, 0.717) is 11.6 Å². The van der Waals surface area contributed by atoms with E-state index in [2.05, 4.69) is 10.3 Å². The number of hydrogen-bond acceptors (Lipinski definition) is 5. The molecule has 0 bridgehead atoms. The van der Waals surface area contributed by atoms with Crippen LogP contribution in [-0.2, 0) is 0 Å². The van der Waals surface area contributed by atoms with Crippen molar-refractivity contribution in [3.63, 3.8) is 0 Å². The summed E-state index contributed by atoms with van der Waals surface area (Å²) in [5, 5.41) is 12.5. The number of rotatable bonds is 5. The van der Waals surface area contributed by atoms with Gasteiger partial charge in [-0.3, -0.25) is 0 Å². The maximum absolute atomic E-state index is 9.26. The van der Waals surface area contributed by atoms with Crippen LogP contribution >= 0.6 is 0 Å². The van der Waals surface area contributed by atoms with Crippen LogP contribution in [0.1, 0.15) is 13.3 Å². The van der Waals surface area contributed by atoms with E-state index in [4.69, 9.17) is 10.2 Å². The number of nitrogens with one attached hydrogen (secondary N) is 1. The standard InChI is InChI=1S/C17H19N3O2/c1-2-12(10-21)19-14-8-7-11(9-13(14)18)17-20-15-5-3-4-6-16(15)22-17/h3-9,12,19,21H,2,10,18H2,1H3. The van der Waals surface area contributed by atoms with E-state index in [-0.39, 0.29) is 12.6 Å². The van der Waals surface area contributed by atoms with Crippen LogP contribution in [0.5, 0.6) is 0 Å². The second-order valence-corrected chi connectivity index (χ2v) is 5.22. The number of benzene rings is 2. The van der Waals surface area contributed by atoms with E-state index in [1.54, 1.807) is 0 Å². The van der Waals surface area contributed by atoms with Crippen molar-refractivity contribution in [1.29, 1.82) is 0 Å².